The molecule has 1 aliphatic carbocycles. The molecular weight excluding hydrogens is 406 g/mol. The number of fused-ring (bicyclic) bond motifs is 1. The van der Waals surface area contributed by atoms with Crippen LogP contribution in [0.5, 0.6) is 11.5 Å². The number of ether oxygens (including phenoxy) is 3. The Morgan fingerprint density at radius 3 is 2.37 bits per heavy atom. The van der Waals surface area contributed by atoms with E-state index in [2.05, 4.69) is 0 Å². The third-order valence-electron chi connectivity index (χ3n) is 5.40. The van der Waals surface area contributed by atoms with Crippen LogP contribution in [0.2, 0.25) is 0 Å². The Morgan fingerprint density at radius 2 is 1.73 bits per heavy atom. The lowest BCUT2D eigenvalue weighted by Crippen LogP contribution is -2.12. The highest BCUT2D eigenvalue weighted by atomic mass is 32.2. The van der Waals surface area contributed by atoms with Crippen molar-refractivity contribution in [3.05, 3.63) is 54.2 Å². The number of hydrogen-bond donors (Lipinski definition) is 0. The molecule has 0 N–H and O–H groups in total. The maximum atomic E-state index is 13.4. The Hall–Kier alpha value is -3.00. The minimum atomic E-state index is -3.84. The van der Waals surface area contributed by atoms with Crippen molar-refractivity contribution in [1.29, 1.82) is 0 Å². The lowest BCUT2D eigenvalue weighted by Gasteiger charge is -2.09. The monoisotopic (exact) mass is 429 g/mol. The van der Waals surface area contributed by atoms with Crippen LogP contribution < -0.4 is 9.47 Å². The first-order valence-corrected chi connectivity index (χ1v) is 11.1. The molecule has 1 saturated carbocycles. The SMILES string of the molecule is CCOC(=O)C1CC1c1cn(S(=O)(=O)c2ccc(OC)cc2)c2ccc(OC)cc12. The van der Waals surface area contributed by atoms with Gasteiger partial charge in [0.1, 0.15) is 11.5 Å². The van der Waals surface area contributed by atoms with Gasteiger partial charge >= 0.3 is 5.97 Å². The Bertz CT molecular complexity index is 1200. The van der Waals surface area contributed by atoms with Crippen molar-refractivity contribution in [3.63, 3.8) is 0 Å². The number of carbonyl (C=O) groups is 1. The summed E-state index contributed by atoms with van der Waals surface area (Å²) in [6.45, 7) is 2.09. The van der Waals surface area contributed by atoms with E-state index in [0.29, 0.717) is 30.0 Å². The molecule has 0 radical (unpaired) electrons. The van der Waals surface area contributed by atoms with Crippen molar-refractivity contribution in [1.82, 2.24) is 3.97 Å². The Labute approximate surface area is 175 Å². The Balaban J connectivity index is 1.82. The maximum Gasteiger partial charge on any atom is 0.309 e. The third-order valence-corrected chi connectivity index (χ3v) is 7.09. The van der Waals surface area contributed by atoms with E-state index < -0.39 is 10.0 Å². The first-order chi connectivity index (χ1) is 14.4. The molecule has 7 nitrogen and oxygen atoms in total. The molecule has 0 saturated heterocycles. The number of hydrogen-bond acceptors (Lipinski definition) is 6. The van der Waals surface area contributed by atoms with E-state index in [4.69, 9.17) is 14.2 Å². The van der Waals surface area contributed by atoms with Crippen LogP contribution in [0.15, 0.2) is 53.6 Å². The van der Waals surface area contributed by atoms with Gasteiger partial charge in [0.2, 0.25) is 0 Å². The second kappa shape index (κ2) is 7.68. The van der Waals surface area contributed by atoms with Crippen molar-refractivity contribution in [2.75, 3.05) is 20.8 Å². The molecule has 1 fully saturated rings. The quantitative estimate of drug-likeness (QED) is 0.534. The van der Waals surface area contributed by atoms with Crippen LogP contribution in [0.4, 0.5) is 0 Å². The van der Waals surface area contributed by atoms with Crippen molar-refractivity contribution in [2.45, 2.75) is 24.2 Å². The summed E-state index contributed by atoms with van der Waals surface area (Å²) in [4.78, 5) is 12.3. The summed E-state index contributed by atoms with van der Waals surface area (Å²) < 4.78 is 43.6. The topological polar surface area (TPSA) is 83.8 Å². The summed E-state index contributed by atoms with van der Waals surface area (Å²) in [7, 11) is -0.753. The Kier molecular flexibility index (Phi) is 5.19. The minimum absolute atomic E-state index is 0.0778. The van der Waals surface area contributed by atoms with Crippen LogP contribution in [-0.2, 0) is 19.6 Å². The van der Waals surface area contributed by atoms with E-state index in [1.165, 1.54) is 23.2 Å². The van der Waals surface area contributed by atoms with Crippen LogP contribution in [0, 0.1) is 5.92 Å². The average molecular weight is 429 g/mol. The molecule has 158 valence electrons. The molecule has 0 bridgehead atoms. The molecule has 0 spiro atoms. The third kappa shape index (κ3) is 3.41. The molecule has 2 aromatic carbocycles. The average Bonchev–Trinajstić information content (AvgIpc) is 3.46. The molecule has 0 amide bonds. The molecule has 2 atom stereocenters. The number of benzene rings is 2. The number of methoxy groups -OCH3 is 2. The molecule has 2 unspecified atom stereocenters. The number of rotatable bonds is 7. The highest BCUT2D eigenvalue weighted by Gasteiger charge is 2.46. The predicted octanol–water partition coefficient (Wildman–Crippen LogP) is 3.56. The maximum absolute atomic E-state index is 13.4. The first kappa shape index (κ1) is 20.3. The number of nitrogens with zero attached hydrogens (tertiary/aromatic N) is 1. The second-order valence-electron chi connectivity index (χ2n) is 7.14. The molecule has 8 heteroatoms. The molecule has 0 aliphatic heterocycles. The van der Waals surface area contributed by atoms with Gasteiger partial charge in [-0.15, -0.1) is 0 Å². The van der Waals surface area contributed by atoms with Gasteiger partial charge in [-0.25, -0.2) is 12.4 Å². The van der Waals surface area contributed by atoms with Gasteiger partial charge in [-0.1, -0.05) is 0 Å². The van der Waals surface area contributed by atoms with Gasteiger partial charge < -0.3 is 14.2 Å². The number of esters is 1. The van der Waals surface area contributed by atoms with Gasteiger partial charge in [0.25, 0.3) is 10.0 Å². The number of aromatic nitrogens is 1. The first-order valence-electron chi connectivity index (χ1n) is 9.66. The normalized spacial score (nSPS) is 18.2. The molecule has 1 aromatic heterocycles. The zero-order valence-electron chi connectivity index (χ0n) is 17.0. The molecule has 30 heavy (non-hydrogen) atoms. The van der Waals surface area contributed by atoms with Crippen molar-refractivity contribution in [3.8, 4) is 11.5 Å². The summed E-state index contributed by atoms with van der Waals surface area (Å²) in [5.74, 6) is 0.623. The fraction of sp³-hybridized carbons (Fsp3) is 0.318. The smallest absolute Gasteiger partial charge is 0.309 e. The highest BCUT2D eigenvalue weighted by molar-refractivity contribution is 7.90. The highest BCUT2D eigenvalue weighted by Crippen LogP contribution is 2.51. The molecule has 4 rings (SSSR count). The van der Waals surface area contributed by atoms with Gasteiger partial charge in [0.15, 0.2) is 0 Å². The van der Waals surface area contributed by atoms with Gasteiger partial charge in [-0.2, -0.15) is 0 Å². The number of carbonyl (C=O) groups excluding carboxylic acids is 1. The lowest BCUT2D eigenvalue weighted by atomic mass is 10.1. The van der Waals surface area contributed by atoms with Gasteiger partial charge in [0.05, 0.1) is 37.2 Å². The molecule has 3 aromatic rings. The van der Waals surface area contributed by atoms with Crippen LogP contribution in [0.3, 0.4) is 0 Å². The standard InChI is InChI=1S/C22H23NO6S/c1-4-29-22(24)19-12-17(19)20-13-23(21-10-7-15(28-3)11-18(20)21)30(25,26)16-8-5-14(27-2)6-9-16/h5-11,13,17,19H,4,12H2,1-3H3. The van der Waals surface area contributed by atoms with E-state index in [-0.39, 0.29) is 22.7 Å². The van der Waals surface area contributed by atoms with Crippen LogP contribution in [0.25, 0.3) is 10.9 Å². The fourth-order valence-corrected chi connectivity index (χ4v) is 5.11. The predicted molar refractivity (Wildman–Crippen MR) is 112 cm³/mol. The van der Waals surface area contributed by atoms with Crippen LogP contribution in [0.1, 0.15) is 24.8 Å². The van der Waals surface area contributed by atoms with Gasteiger partial charge in [0, 0.05) is 17.5 Å². The van der Waals surface area contributed by atoms with E-state index in [9.17, 15) is 13.2 Å². The second-order valence-corrected chi connectivity index (χ2v) is 8.96. The van der Waals surface area contributed by atoms with Crippen molar-refractivity contribution < 1.29 is 27.4 Å². The summed E-state index contributed by atoms with van der Waals surface area (Å²) in [5.41, 5.74) is 1.34. The Morgan fingerprint density at radius 1 is 1.07 bits per heavy atom. The zero-order chi connectivity index (χ0) is 21.5. The fourth-order valence-electron chi connectivity index (χ4n) is 3.74. The van der Waals surface area contributed by atoms with E-state index >= 15 is 0 Å². The molecular formula is C22H23NO6S. The largest absolute Gasteiger partial charge is 0.497 e. The van der Waals surface area contributed by atoms with Crippen LogP contribution >= 0.6 is 0 Å². The molecule has 1 aliphatic rings. The van der Waals surface area contributed by atoms with E-state index in [1.54, 1.807) is 44.5 Å². The van der Waals surface area contributed by atoms with Gasteiger partial charge in [-0.3, -0.25) is 4.79 Å². The van der Waals surface area contributed by atoms with Crippen molar-refractivity contribution in [2.24, 2.45) is 5.92 Å². The summed E-state index contributed by atoms with van der Waals surface area (Å²) in [6.07, 6.45) is 2.26. The van der Waals surface area contributed by atoms with Crippen molar-refractivity contribution >= 4 is 26.9 Å². The van der Waals surface area contributed by atoms with E-state index in [0.717, 1.165) is 10.9 Å². The lowest BCUT2D eigenvalue weighted by molar-refractivity contribution is -0.144. The summed E-state index contributed by atoms with van der Waals surface area (Å²) in [6, 6.07) is 11.5. The summed E-state index contributed by atoms with van der Waals surface area (Å²) in [5, 5.41) is 0.753. The van der Waals surface area contributed by atoms with Crippen LogP contribution in [-0.4, -0.2) is 39.2 Å². The van der Waals surface area contributed by atoms with E-state index in [1.807, 2.05) is 6.07 Å². The molecule has 1 heterocycles. The summed E-state index contributed by atoms with van der Waals surface area (Å²) >= 11 is 0. The zero-order valence-corrected chi connectivity index (χ0v) is 17.8. The minimum Gasteiger partial charge on any atom is -0.497 e. The van der Waals surface area contributed by atoms with Gasteiger partial charge in [-0.05, 0) is 61.4 Å².